The zero-order valence-electron chi connectivity index (χ0n) is 7.38. The molecule has 0 rings (SSSR count). The van der Waals surface area contributed by atoms with Crippen molar-refractivity contribution in [2.24, 2.45) is 11.1 Å². The predicted octanol–water partition coefficient (Wildman–Crippen LogP) is 2.83. The quantitative estimate of drug-likeness (QED) is 0.369. The number of hydrogen-bond donors (Lipinski definition) is 1. The lowest BCUT2D eigenvalue weighted by molar-refractivity contribution is 0.321. The summed E-state index contributed by atoms with van der Waals surface area (Å²) in [6.07, 6.45) is 4.66. The summed E-state index contributed by atoms with van der Waals surface area (Å²) < 4.78 is 0. The fourth-order valence-corrected chi connectivity index (χ4v) is 0.782. The standard InChI is InChI=1S/C9H17NO/c1-4-8(2)5-6-9(3)7-10-11/h7-8,11H,3-6H2,1-2H3/b10-7+/t8-/m1/s1. The fraction of sp³-hybridized carbons (Fsp3) is 0.667. The minimum atomic E-state index is 0.735. The highest BCUT2D eigenvalue weighted by Crippen LogP contribution is 2.12. The Morgan fingerprint density at radius 1 is 1.73 bits per heavy atom. The van der Waals surface area contributed by atoms with Crippen LogP contribution in [0.2, 0.25) is 0 Å². The minimum absolute atomic E-state index is 0.735. The Hall–Kier alpha value is -0.790. The fourth-order valence-electron chi connectivity index (χ4n) is 0.782. The first-order valence-corrected chi connectivity index (χ1v) is 4.05. The molecule has 0 aliphatic carbocycles. The summed E-state index contributed by atoms with van der Waals surface area (Å²) >= 11 is 0. The molecule has 0 spiro atoms. The first kappa shape index (κ1) is 10.2. The van der Waals surface area contributed by atoms with Gasteiger partial charge in [-0.15, -0.1) is 0 Å². The first-order chi connectivity index (χ1) is 5.20. The lowest BCUT2D eigenvalue weighted by Crippen LogP contribution is -1.93. The van der Waals surface area contributed by atoms with Crippen LogP contribution >= 0.6 is 0 Å². The largest absolute Gasteiger partial charge is 0.411 e. The zero-order valence-corrected chi connectivity index (χ0v) is 7.38. The van der Waals surface area contributed by atoms with Crippen molar-refractivity contribution in [3.8, 4) is 0 Å². The van der Waals surface area contributed by atoms with E-state index < -0.39 is 0 Å². The van der Waals surface area contributed by atoms with Gasteiger partial charge in [-0.25, -0.2) is 0 Å². The maximum atomic E-state index is 8.17. The summed E-state index contributed by atoms with van der Waals surface area (Å²) in [5.74, 6) is 0.735. The molecule has 11 heavy (non-hydrogen) atoms. The molecule has 0 saturated carbocycles. The topological polar surface area (TPSA) is 32.6 Å². The van der Waals surface area contributed by atoms with Gasteiger partial charge in [0, 0.05) is 0 Å². The second kappa shape index (κ2) is 5.96. The molecule has 2 heteroatoms. The molecule has 0 aliphatic rings. The molecule has 0 heterocycles. The number of rotatable bonds is 5. The van der Waals surface area contributed by atoms with E-state index >= 15 is 0 Å². The smallest absolute Gasteiger partial charge is 0.0687 e. The van der Waals surface area contributed by atoms with Gasteiger partial charge < -0.3 is 5.21 Å². The van der Waals surface area contributed by atoms with E-state index in [0.29, 0.717) is 0 Å². The van der Waals surface area contributed by atoms with Crippen LogP contribution < -0.4 is 0 Å². The molecule has 0 aromatic carbocycles. The highest BCUT2D eigenvalue weighted by molar-refractivity contribution is 5.76. The van der Waals surface area contributed by atoms with E-state index in [4.69, 9.17) is 5.21 Å². The van der Waals surface area contributed by atoms with E-state index in [9.17, 15) is 0 Å². The van der Waals surface area contributed by atoms with Gasteiger partial charge >= 0.3 is 0 Å². The van der Waals surface area contributed by atoms with Crippen molar-refractivity contribution in [2.75, 3.05) is 0 Å². The summed E-state index contributed by atoms with van der Waals surface area (Å²) in [6, 6.07) is 0. The van der Waals surface area contributed by atoms with Gasteiger partial charge in [0.2, 0.25) is 0 Å². The Morgan fingerprint density at radius 3 is 2.82 bits per heavy atom. The highest BCUT2D eigenvalue weighted by Gasteiger charge is 1.98. The number of allylic oxidation sites excluding steroid dienone is 1. The van der Waals surface area contributed by atoms with Gasteiger partial charge in [0.1, 0.15) is 0 Å². The number of hydrogen-bond acceptors (Lipinski definition) is 2. The van der Waals surface area contributed by atoms with E-state index in [0.717, 1.165) is 24.3 Å². The Morgan fingerprint density at radius 2 is 2.36 bits per heavy atom. The summed E-state index contributed by atoms with van der Waals surface area (Å²) in [5, 5.41) is 11.1. The van der Waals surface area contributed by atoms with Gasteiger partial charge in [0.05, 0.1) is 6.21 Å². The monoisotopic (exact) mass is 155 g/mol. The normalized spacial score (nSPS) is 13.6. The second-order valence-corrected chi connectivity index (χ2v) is 2.95. The summed E-state index contributed by atoms with van der Waals surface area (Å²) in [7, 11) is 0. The third-order valence-electron chi connectivity index (χ3n) is 1.90. The van der Waals surface area contributed by atoms with Crippen molar-refractivity contribution < 1.29 is 5.21 Å². The average Bonchev–Trinajstić information content (AvgIpc) is 2.01. The Kier molecular flexibility index (Phi) is 5.53. The molecule has 0 aromatic rings. The van der Waals surface area contributed by atoms with Gasteiger partial charge in [-0.2, -0.15) is 0 Å². The van der Waals surface area contributed by atoms with Crippen LogP contribution in [-0.2, 0) is 0 Å². The highest BCUT2D eigenvalue weighted by atomic mass is 16.4. The Balaban J connectivity index is 3.45. The molecular formula is C9H17NO. The maximum Gasteiger partial charge on any atom is 0.0687 e. The lowest BCUT2D eigenvalue weighted by Gasteiger charge is -2.06. The van der Waals surface area contributed by atoms with Crippen molar-refractivity contribution in [1.82, 2.24) is 0 Å². The number of oxime groups is 1. The van der Waals surface area contributed by atoms with Crippen LogP contribution in [0.5, 0.6) is 0 Å². The summed E-state index contributed by atoms with van der Waals surface area (Å²) in [4.78, 5) is 0. The van der Waals surface area contributed by atoms with Crippen LogP contribution in [0.25, 0.3) is 0 Å². The number of nitrogens with zero attached hydrogens (tertiary/aromatic N) is 1. The second-order valence-electron chi connectivity index (χ2n) is 2.95. The average molecular weight is 155 g/mol. The van der Waals surface area contributed by atoms with E-state index in [1.807, 2.05) is 0 Å². The lowest BCUT2D eigenvalue weighted by atomic mass is 10.0. The Bertz CT molecular complexity index is 140. The van der Waals surface area contributed by atoms with Crippen LogP contribution in [0.1, 0.15) is 33.1 Å². The maximum absolute atomic E-state index is 8.17. The minimum Gasteiger partial charge on any atom is -0.411 e. The van der Waals surface area contributed by atoms with Crippen LogP contribution in [0, 0.1) is 5.92 Å². The van der Waals surface area contributed by atoms with E-state index in [1.54, 1.807) is 0 Å². The van der Waals surface area contributed by atoms with Crippen LogP contribution in [0.3, 0.4) is 0 Å². The van der Waals surface area contributed by atoms with Crippen molar-refractivity contribution in [3.05, 3.63) is 12.2 Å². The van der Waals surface area contributed by atoms with Crippen molar-refractivity contribution in [3.63, 3.8) is 0 Å². The van der Waals surface area contributed by atoms with Crippen LogP contribution in [0.4, 0.5) is 0 Å². The zero-order chi connectivity index (χ0) is 8.69. The van der Waals surface area contributed by atoms with Gasteiger partial charge in [-0.05, 0) is 24.3 Å². The molecule has 0 radical (unpaired) electrons. The van der Waals surface area contributed by atoms with Crippen molar-refractivity contribution in [2.45, 2.75) is 33.1 Å². The molecule has 0 fully saturated rings. The van der Waals surface area contributed by atoms with Gasteiger partial charge in [-0.3, -0.25) is 0 Å². The molecule has 64 valence electrons. The third kappa shape index (κ3) is 5.64. The van der Waals surface area contributed by atoms with Crippen LogP contribution in [-0.4, -0.2) is 11.4 Å². The summed E-state index contributed by atoms with van der Waals surface area (Å²) in [5.41, 5.74) is 0.896. The van der Waals surface area contributed by atoms with Gasteiger partial charge in [-0.1, -0.05) is 32.0 Å². The molecule has 0 aliphatic heterocycles. The first-order valence-electron chi connectivity index (χ1n) is 4.05. The molecule has 0 aromatic heterocycles. The molecule has 0 saturated heterocycles. The molecule has 1 N–H and O–H groups in total. The summed E-state index contributed by atoms with van der Waals surface area (Å²) in [6.45, 7) is 8.13. The molecule has 2 nitrogen and oxygen atoms in total. The third-order valence-corrected chi connectivity index (χ3v) is 1.90. The Labute approximate surface area is 68.6 Å². The van der Waals surface area contributed by atoms with Gasteiger partial charge in [0.25, 0.3) is 0 Å². The van der Waals surface area contributed by atoms with Crippen molar-refractivity contribution >= 4 is 6.21 Å². The van der Waals surface area contributed by atoms with Gasteiger partial charge in [0.15, 0.2) is 0 Å². The molecule has 0 bridgehead atoms. The molecular weight excluding hydrogens is 138 g/mol. The molecule has 1 atom stereocenters. The predicted molar refractivity (Wildman–Crippen MR) is 48.1 cm³/mol. The van der Waals surface area contributed by atoms with E-state index in [1.165, 1.54) is 12.6 Å². The van der Waals surface area contributed by atoms with E-state index in [-0.39, 0.29) is 0 Å². The molecule has 0 unspecified atom stereocenters. The van der Waals surface area contributed by atoms with Crippen molar-refractivity contribution in [1.29, 1.82) is 0 Å². The van der Waals surface area contributed by atoms with E-state index in [2.05, 4.69) is 25.6 Å². The SMILES string of the molecule is C=C(/C=N/O)CC[C@H](C)CC. The van der Waals surface area contributed by atoms with Crippen LogP contribution in [0.15, 0.2) is 17.3 Å². The molecule has 0 amide bonds.